The van der Waals surface area contributed by atoms with Gasteiger partial charge in [-0.15, -0.1) is 0 Å². The van der Waals surface area contributed by atoms with Gasteiger partial charge in [-0.2, -0.15) is 0 Å². The fraction of sp³-hybridized carbons (Fsp3) is 0.545. The van der Waals surface area contributed by atoms with Gasteiger partial charge in [-0.3, -0.25) is 20.4 Å². The van der Waals surface area contributed by atoms with Crippen LogP contribution in [0.25, 0.3) is 0 Å². The van der Waals surface area contributed by atoms with Gasteiger partial charge in [0.05, 0.1) is 0 Å². The highest BCUT2D eigenvalue weighted by atomic mass is 16.6. The van der Waals surface area contributed by atoms with E-state index < -0.39 is 23.5 Å². The van der Waals surface area contributed by atoms with Crippen LogP contribution in [-0.4, -0.2) is 40.4 Å². The summed E-state index contributed by atoms with van der Waals surface area (Å²) in [6.07, 6.45) is -0.697. The Morgan fingerprint density at radius 3 is 2.45 bits per heavy atom. The molecule has 5 N–H and O–H groups in total. The van der Waals surface area contributed by atoms with Crippen molar-refractivity contribution in [3.8, 4) is 0 Å². The van der Waals surface area contributed by atoms with Crippen molar-refractivity contribution in [3.05, 3.63) is 5.69 Å². The fourth-order valence-corrected chi connectivity index (χ4v) is 1.19. The Balaban J connectivity index is 2.23. The van der Waals surface area contributed by atoms with Crippen LogP contribution < -0.4 is 21.9 Å². The van der Waals surface area contributed by atoms with E-state index in [9.17, 15) is 14.4 Å². The highest BCUT2D eigenvalue weighted by Crippen LogP contribution is 2.06. The number of amides is 3. The highest BCUT2D eigenvalue weighted by Gasteiger charge is 2.17. The Morgan fingerprint density at radius 1 is 1.23 bits per heavy atom. The minimum Gasteiger partial charge on any atom is -0.444 e. The number of carbonyl (C=O) groups excluding carboxylic acids is 3. The van der Waals surface area contributed by atoms with Crippen LogP contribution in [0, 0.1) is 0 Å². The molecule has 0 radical (unpaired) electrons. The van der Waals surface area contributed by atoms with E-state index in [4.69, 9.17) is 10.5 Å². The Labute approximate surface area is 125 Å². The number of hydrogen-bond donors (Lipinski definition) is 4. The van der Waals surface area contributed by atoms with Crippen molar-refractivity contribution in [1.82, 2.24) is 26.5 Å². The van der Waals surface area contributed by atoms with Crippen LogP contribution in [0.2, 0.25) is 0 Å². The smallest absolute Gasteiger partial charge is 0.407 e. The molecule has 0 saturated carbocycles. The molecule has 1 aromatic rings. The van der Waals surface area contributed by atoms with Crippen molar-refractivity contribution >= 4 is 23.7 Å². The summed E-state index contributed by atoms with van der Waals surface area (Å²) in [6.45, 7) is 5.21. The Hall–Kier alpha value is -2.85. The molecule has 0 bridgehead atoms. The maximum atomic E-state index is 11.5. The third kappa shape index (κ3) is 6.07. The van der Waals surface area contributed by atoms with Gasteiger partial charge in [0.25, 0.3) is 5.91 Å². The third-order valence-corrected chi connectivity index (χ3v) is 2.06. The maximum absolute atomic E-state index is 11.5. The minimum atomic E-state index is -0.771. The van der Waals surface area contributed by atoms with Crippen LogP contribution in [-0.2, 0) is 9.53 Å². The average Bonchev–Trinajstić information content (AvgIpc) is 2.80. The number of hydrogen-bond acceptors (Lipinski definition) is 8. The number of nitrogen functional groups attached to an aromatic ring is 1. The monoisotopic (exact) mass is 314 g/mol. The fourth-order valence-electron chi connectivity index (χ4n) is 1.19. The lowest BCUT2D eigenvalue weighted by atomic mass is 10.2. The number of nitrogens with one attached hydrogen (secondary N) is 3. The first-order valence-electron chi connectivity index (χ1n) is 6.33. The molecule has 1 rings (SSSR count). The first-order valence-corrected chi connectivity index (χ1v) is 6.33. The number of ether oxygens (including phenoxy) is 1. The van der Waals surface area contributed by atoms with E-state index in [0.717, 1.165) is 0 Å². The summed E-state index contributed by atoms with van der Waals surface area (Å²) in [6, 6.07) is 0. The average molecular weight is 314 g/mol. The highest BCUT2D eigenvalue weighted by molar-refractivity contribution is 5.96. The molecule has 11 nitrogen and oxygen atoms in total. The zero-order valence-electron chi connectivity index (χ0n) is 12.4. The lowest BCUT2D eigenvalue weighted by Crippen LogP contribution is -2.43. The number of nitrogens with two attached hydrogens (primary N) is 1. The van der Waals surface area contributed by atoms with Gasteiger partial charge in [0, 0.05) is 13.0 Å². The molecular weight excluding hydrogens is 296 g/mol. The van der Waals surface area contributed by atoms with E-state index >= 15 is 0 Å². The Kier molecular flexibility index (Phi) is 5.66. The lowest BCUT2D eigenvalue weighted by Gasteiger charge is -2.19. The summed E-state index contributed by atoms with van der Waals surface area (Å²) in [5.74, 6) is -1.50. The number of hydrazine groups is 1. The van der Waals surface area contributed by atoms with Crippen molar-refractivity contribution in [2.24, 2.45) is 0 Å². The van der Waals surface area contributed by atoms with E-state index in [1.807, 2.05) is 0 Å². The van der Waals surface area contributed by atoms with Gasteiger partial charge in [0.1, 0.15) is 5.60 Å². The van der Waals surface area contributed by atoms with Crippen molar-refractivity contribution in [2.75, 3.05) is 12.3 Å². The van der Waals surface area contributed by atoms with Gasteiger partial charge >= 0.3 is 6.09 Å². The van der Waals surface area contributed by atoms with Crippen LogP contribution in [0.1, 0.15) is 37.7 Å². The second-order valence-electron chi connectivity index (χ2n) is 5.18. The Morgan fingerprint density at radius 2 is 1.91 bits per heavy atom. The van der Waals surface area contributed by atoms with Gasteiger partial charge in [-0.05, 0) is 31.1 Å². The molecular formula is C11H18N6O5. The first-order chi connectivity index (χ1) is 10.2. The molecule has 0 aliphatic rings. The predicted molar refractivity (Wildman–Crippen MR) is 73.2 cm³/mol. The van der Waals surface area contributed by atoms with E-state index in [1.165, 1.54) is 0 Å². The summed E-state index contributed by atoms with van der Waals surface area (Å²) < 4.78 is 9.23. The molecule has 0 atom stereocenters. The minimum absolute atomic E-state index is 0.0459. The van der Waals surface area contributed by atoms with E-state index in [-0.39, 0.29) is 24.5 Å². The number of nitrogens with zero attached hydrogens (tertiary/aromatic N) is 2. The normalized spacial score (nSPS) is 10.7. The van der Waals surface area contributed by atoms with Gasteiger partial charge in [0.2, 0.25) is 17.4 Å². The molecule has 1 aromatic heterocycles. The largest absolute Gasteiger partial charge is 0.444 e. The number of rotatable bonds is 4. The van der Waals surface area contributed by atoms with Gasteiger partial charge in [-0.1, -0.05) is 0 Å². The van der Waals surface area contributed by atoms with Gasteiger partial charge in [-0.25, -0.2) is 9.42 Å². The van der Waals surface area contributed by atoms with E-state index in [1.54, 1.807) is 20.8 Å². The van der Waals surface area contributed by atoms with Crippen LogP contribution in [0.15, 0.2) is 4.63 Å². The van der Waals surface area contributed by atoms with E-state index in [0.29, 0.717) is 0 Å². The molecule has 0 fully saturated rings. The molecule has 0 aliphatic carbocycles. The molecule has 1 heterocycles. The summed E-state index contributed by atoms with van der Waals surface area (Å²) in [5, 5.41) is 8.89. The lowest BCUT2D eigenvalue weighted by molar-refractivity contribution is -0.121. The summed E-state index contributed by atoms with van der Waals surface area (Å²) in [4.78, 5) is 34.3. The standard InChI is InChI=1S/C11H18N6O5/c1-11(2,3)21-10(20)13-5-4-6(18)14-15-9(19)7-8(12)17-22-16-7/h4-5H2,1-3H3,(H2,12,17)(H,13,20)(H,14,18)(H,15,19). The van der Waals surface area contributed by atoms with Crippen LogP contribution >= 0.6 is 0 Å². The maximum Gasteiger partial charge on any atom is 0.407 e. The second-order valence-corrected chi connectivity index (χ2v) is 5.18. The number of carbonyl (C=O) groups is 3. The Bertz CT molecular complexity index is 549. The van der Waals surface area contributed by atoms with Crippen molar-refractivity contribution < 1.29 is 23.7 Å². The van der Waals surface area contributed by atoms with Crippen LogP contribution in [0.3, 0.4) is 0 Å². The quantitative estimate of drug-likeness (QED) is 0.532. The molecule has 122 valence electrons. The van der Waals surface area contributed by atoms with Crippen molar-refractivity contribution in [3.63, 3.8) is 0 Å². The van der Waals surface area contributed by atoms with Gasteiger partial charge in [0.15, 0.2) is 0 Å². The SMILES string of the molecule is CC(C)(C)OC(=O)NCCC(=O)NNC(=O)c1nonc1N. The van der Waals surface area contributed by atoms with Gasteiger partial charge < -0.3 is 15.8 Å². The predicted octanol–water partition coefficient (Wildman–Crippen LogP) is -0.672. The zero-order valence-corrected chi connectivity index (χ0v) is 12.4. The molecule has 11 heteroatoms. The molecule has 22 heavy (non-hydrogen) atoms. The summed E-state index contributed by atoms with van der Waals surface area (Å²) in [7, 11) is 0. The third-order valence-electron chi connectivity index (χ3n) is 2.06. The number of alkyl carbamates (subject to hydrolysis) is 1. The van der Waals surface area contributed by atoms with Crippen LogP contribution in [0.5, 0.6) is 0 Å². The van der Waals surface area contributed by atoms with Crippen molar-refractivity contribution in [1.29, 1.82) is 0 Å². The summed E-state index contributed by atoms with van der Waals surface area (Å²) in [5.41, 5.74) is 8.65. The number of aromatic nitrogens is 2. The summed E-state index contributed by atoms with van der Waals surface area (Å²) >= 11 is 0. The molecule has 0 spiro atoms. The van der Waals surface area contributed by atoms with Crippen LogP contribution in [0.4, 0.5) is 10.6 Å². The van der Waals surface area contributed by atoms with Crippen molar-refractivity contribution in [2.45, 2.75) is 32.8 Å². The molecule has 0 aliphatic heterocycles. The first kappa shape index (κ1) is 17.2. The molecule has 3 amide bonds. The van der Waals surface area contributed by atoms with E-state index in [2.05, 4.69) is 31.1 Å². The molecule has 0 aromatic carbocycles. The number of anilines is 1. The second kappa shape index (κ2) is 7.24. The molecule has 0 unspecified atom stereocenters. The topological polar surface area (TPSA) is 161 Å². The zero-order chi connectivity index (χ0) is 16.8. The molecule has 0 saturated heterocycles.